The number of hydrogen-bond acceptors (Lipinski definition) is 12. The van der Waals surface area contributed by atoms with E-state index in [0.717, 1.165) is 36.4 Å². The van der Waals surface area contributed by atoms with Crippen molar-refractivity contribution in [3.05, 3.63) is 69.8 Å². The van der Waals surface area contributed by atoms with Crippen LogP contribution in [0.25, 0.3) is 0 Å². The van der Waals surface area contributed by atoms with Crippen molar-refractivity contribution in [3.63, 3.8) is 0 Å². The number of aliphatic hydroxyl groups excluding tert-OH is 1. The minimum absolute atomic E-state index is 0.0823. The molecule has 0 fully saturated rings. The van der Waals surface area contributed by atoms with Gasteiger partial charge >= 0.3 is 35.8 Å². The van der Waals surface area contributed by atoms with Crippen LogP contribution in [-0.4, -0.2) is 119 Å². The number of hydrogen-bond donors (Lipinski definition) is 5. The molecule has 0 radical (unpaired) electrons. The van der Waals surface area contributed by atoms with Crippen LogP contribution < -0.4 is 0 Å². The van der Waals surface area contributed by atoms with Crippen LogP contribution in [0.1, 0.15) is 82.9 Å². The molecule has 2 aromatic rings. The molecule has 250 valence electrons. The van der Waals surface area contributed by atoms with Crippen LogP contribution in [0.4, 0.5) is 0 Å². The Bertz CT molecular complexity index is 1330. The molecule has 0 aliphatic rings. The van der Waals surface area contributed by atoms with E-state index in [0.29, 0.717) is 0 Å². The van der Waals surface area contributed by atoms with Crippen molar-refractivity contribution >= 4 is 35.8 Å². The van der Waals surface area contributed by atoms with Gasteiger partial charge in [-0.15, -0.1) is 0 Å². The summed E-state index contributed by atoms with van der Waals surface area (Å²) in [5, 5.41) is 46.5. The molecular formula is C30H34O16. The summed E-state index contributed by atoms with van der Waals surface area (Å²) in [7, 11) is 0. The van der Waals surface area contributed by atoms with Gasteiger partial charge in [-0.05, 0) is 57.2 Å². The third kappa shape index (κ3) is 11.6. The van der Waals surface area contributed by atoms with E-state index in [1.807, 2.05) is 0 Å². The van der Waals surface area contributed by atoms with Gasteiger partial charge in [-0.1, -0.05) is 0 Å². The van der Waals surface area contributed by atoms with Crippen molar-refractivity contribution in [1.82, 2.24) is 0 Å². The van der Waals surface area contributed by atoms with E-state index in [-0.39, 0.29) is 55.3 Å². The molecule has 0 heterocycles. The summed E-state index contributed by atoms with van der Waals surface area (Å²) in [6.07, 6.45) is -3.31. The summed E-state index contributed by atoms with van der Waals surface area (Å²) >= 11 is 0. The van der Waals surface area contributed by atoms with Gasteiger partial charge in [0.05, 0.1) is 72.5 Å². The molecular weight excluding hydrogens is 616 g/mol. The number of carbonyl (C=O) groups excluding carboxylic acids is 2. The monoisotopic (exact) mass is 650 g/mol. The molecule has 0 saturated heterocycles. The summed E-state index contributed by atoms with van der Waals surface area (Å²) in [6.45, 7) is 3.85. The summed E-state index contributed by atoms with van der Waals surface area (Å²) in [4.78, 5) is 70.4. The standard InChI is InChI=1S/C30H34O16/c1-15(31)10-44-20(13-42-11-16(2)45-29(40)21-6-4-18(25(32)33)8-23(21)27(36)37)14-43-12-17(3)46-30(41)22-7-5-19(26(34)35)9-24(22)28(38)39/h4-9,15-17,20,31H,10-14H2,1-3H3,(H,32,33)(H,34,35)(H,36,37)(H,38,39). The zero-order valence-corrected chi connectivity index (χ0v) is 25.0. The highest BCUT2D eigenvalue weighted by atomic mass is 16.6. The van der Waals surface area contributed by atoms with E-state index in [1.165, 1.54) is 20.8 Å². The normalized spacial score (nSPS) is 13.6. The molecule has 2 aromatic carbocycles. The van der Waals surface area contributed by atoms with Crippen molar-refractivity contribution in [2.75, 3.05) is 33.0 Å². The highest BCUT2D eigenvalue weighted by Crippen LogP contribution is 2.17. The van der Waals surface area contributed by atoms with Gasteiger partial charge in [0.15, 0.2) is 0 Å². The molecule has 2 rings (SSSR count). The van der Waals surface area contributed by atoms with Gasteiger partial charge in [-0.25, -0.2) is 28.8 Å². The number of ether oxygens (including phenoxy) is 5. The highest BCUT2D eigenvalue weighted by Gasteiger charge is 2.24. The first-order valence-electron chi connectivity index (χ1n) is 13.7. The van der Waals surface area contributed by atoms with Crippen molar-refractivity contribution in [2.45, 2.75) is 45.2 Å². The molecule has 3 atom stereocenters. The molecule has 0 saturated carbocycles. The third-order valence-corrected chi connectivity index (χ3v) is 5.94. The average molecular weight is 651 g/mol. The SMILES string of the molecule is CC(O)COC(COCC(C)OC(=O)c1ccc(C(=O)O)cc1C(=O)O)COCC(C)OC(=O)c1ccc(C(=O)O)cc1C(=O)O. The van der Waals surface area contributed by atoms with Crippen LogP contribution in [0.3, 0.4) is 0 Å². The second-order valence-corrected chi connectivity index (χ2v) is 10.1. The number of aliphatic hydroxyl groups is 1. The largest absolute Gasteiger partial charge is 0.478 e. The number of carboxylic acid groups (broad SMARTS) is 4. The molecule has 0 aromatic heterocycles. The summed E-state index contributed by atoms with van der Waals surface area (Å²) in [6, 6.07) is 5.92. The van der Waals surface area contributed by atoms with Gasteiger partial charge in [-0.2, -0.15) is 0 Å². The number of carboxylic acids is 4. The lowest BCUT2D eigenvalue weighted by atomic mass is 10.0. The van der Waals surface area contributed by atoms with E-state index < -0.39 is 71.4 Å². The van der Waals surface area contributed by atoms with Crippen molar-refractivity contribution in [1.29, 1.82) is 0 Å². The molecule has 3 unspecified atom stereocenters. The molecule has 16 heteroatoms. The maximum atomic E-state index is 12.6. The quantitative estimate of drug-likeness (QED) is 0.136. The maximum absolute atomic E-state index is 12.6. The Morgan fingerprint density at radius 2 is 0.957 bits per heavy atom. The van der Waals surface area contributed by atoms with Gasteiger partial charge in [-0.3, -0.25) is 0 Å². The molecule has 0 bridgehead atoms. The van der Waals surface area contributed by atoms with Crippen molar-refractivity contribution < 1.29 is 78.0 Å². The Kier molecular flexibility index (Phi) is 14.2. The van der Waals surface area contributed by atoms with Crippen LogP contribution in [0, 0.1) is 0 Å². The number of aromatic carboxylic acids is 4. The van der Waals surface area contributed by atoms with E-state index in [2.05, 4.69) is 0 Å². The fourth-order valence-corrected chi connectivity index (χ4v) is 3.78. The molecule has 16 nitrogen and oxygen atoms in total. The van der Waals surface area contributed by atoms with Gasteiger partial charge in [0.1, 0.15) is 18.3 Å². The first kappa shape index (κ1) is 37.3. The van der Waals surface area contributed by atoms with Crippen LogP contribution in [0.5, 0.6) is 0 Å². The molecule has 5 N–H and O–H groups in total. The second kappa shape index (κ2) is 17.6. The third-order valence-electron chi connectivity index (χ3n) is 5.94. The summed E-state index contributed by atoms with van der Waals surface area (Å²) < 4.78 is 27.2. The van der Waals surface area contributed by atoms with Crippen molar-refractivity contribution in [2.24, 2.45) is 0 Å². The Hall–Kier alpha value is -4.90. The lowest BCUT2D eigenvalue weighted by molar-refractivity contribution is -0.0947. The first-order valence-corrected chi connectivity index (χ1v) is 13.7. The number of benzene rings is 2. The molecule has 0 aliphatic carbocycles. The first-order chi connectivity index (χ1) is 21.6. The van der Waals surface area contributed by atoms with Gasteiger partial charge in [0.2, 0.25) is 0 Å². The summed E-state index contributed by atoms with van der Waals surface area (Å²) in [5.74, 6) is -7.77. The van der Waals surface area contributed by atoms with Gasteiger partial charge in [0.25, 0.3) is 0 Å². The average Bonchev–Trinajstić information content (AvgIpc) is 2.98. The highest BCUT2D eigenvalue weighted by molar-refractivity contribution is 6.05. The topological polar surface area (TPSA) is 250 Å². The van der Waals surface area contributed by atoms with E-state index in [4.69, 9.17) is 33.9 Å². The molecule has 0 spiro atoms. The van der Waals surface area contributed by atoms with Crippen molar-refractivity contribution in [3.8, 4) is 0 Å². The minimum atomic E-state index is -1.51. The Labute approximate surface area is 262 Å². The smallest absolute Gasteiger partial charge is 0.339 e. The van der Waals surface area contributed by atoms with Gasteiger partial charge in [0, 0.05) is 0 Å². The van der Waals surface area contributed by atoms with Crippen LogP contribution >= 0.6 is 0 Å². The maximum Gasteiger partial charge on any atom is 0.339 e. The van der Waals surface area contributed by atoms with E-state index in [9.17, 15) is 44.1 Å². The van der Waals surface area contributed by atoms with Crippen LogP contribution in [-0.2, 0) is 23.7 Å². The second-order valence-electron chi connectivity index (χ2n) is 10.1. The number of carbonyl (C=O) groups is 6. The lowest BCUT2D eigenvalue weighted by Crippen LogP contribution is -2.32. The lowest BCUT2D eigenvalue weighted by Gasteiger charge is -2.22. The minimum Gasteiger partial charge on any atom is -0.478 e. The fraction of sp³-hybridized carbons (Fsp3) is 0.400. The van der Waals surface area contributed by atoms with Crippen LogP contribution in [0.2, 0.25) is 0 Å². The Morgan fingerprint density at radius 1 is 0.565 bits per heavy atom. The van der Waals surface area contributed by atoms with E-state index in [1.54, 1.807) is 0 Å². The zero-order valence-electron chi connectivity index (χ0n) is 25.0. The Morgan fingerprint density at radius 3 is 1.28 bits per heavy atom. The zero-order chi connectivity index (χ0) is 34.6. The number of esters is 2. The van der Waals surface area contributed by atoms with Gasteiger partial charge < -0.3 is 49.2 Å². The Balaban J connectivity index is 1.91. The van der Waals surface area contributed by atoms with E-state index >= 15 is 0 Å². The number of rotatable bonds is 19. The predicted octanol–water partition coefficient (Wildman–Crippen LogP) is 2.07. The molecule has 0 aliphatic heterocycles. The summed E-state index contributed by atoms with van der Waals surface area (Å²) in [5.41, 5.74) is -2.41. The molecule has 0 amide bonds. The van der Waals surface area contributed by atoms with Crippen LogP contribution in [0.15, 0.2) is 36.4 Å². The molecule has 46 heavy (non-hydrogen) atoms. The predicted molar refractivity (Wildman–Crippen MR) is 154 cm³/mol. The fourth-order valence-electron chi connectivity index (χ4n) is 3.78.